The molecular weight excluding hydrogens is 396 g/mol. The largest absolute Gasteiger partial charge is 0.478 e. The lowest BCUT2D eigenvalue weighted by molar-refractivity contribution is 0.0696. The molecule has 0 spiro atoms. The van der Waals surface area contributed by atoms with Gasteiger partial charge in [0, 0.05) is 11.3 Å². The number of amides is 1. The number of aryl methyl sites for hydroxylation is 1. The zero-order valence-electron chi connectivity index (χ0n) is 17.8. The maximum Gasteiger partial charge on any atom is 0.335 e. The van der Waals surface area contributed by atoms with Gasteiger partial charge in [-0.15, -0.1) is 0 Å². The normalized spacial score (nSPS) is 11.6. The lowest BCUT2D eigenvalue weighted by Gasteiger charge is -2.19. The Morgan fingerprint density at radius 1 is 1.03 bits per heavy atom. The van der Waals surface area contributed by atoms with Gasteiger partial charge in [-0.25, -0.2) is 14.9 Å². The molecule has 1 heterocycles. The van der Waals surface area contributed by atoms with Crippen LogP contribution in [0, 0.1) is 6.92 Å². The van der Waals surface area contributed by atoms with Crippen LogP contribution in [0.3, 0.4) is 0 Å². The Kier molecular flexibility index (Phi) is 5.92. The number of H-pyrrole nitrogens is 1. The van der Waals surface area contributed by atoms with Gasteiger partial charge in [-0.05, 0) is 54.3 Å². The average molecular weight is 420 g/mol. The standard InChI is InChI=1S/C23H24N4O4/c1-14-19(13-24-25-20(28)15-5-7-16(8-6-15)22(30)31)21(29)27(26-14)18-11-9-17(10-12-18)23(2,3)4/h5-13,26H,1-4H3,(H,25,28)(H,30,31). The highest BCUT2D eigenvalue weighted by Crippen LogP contribution is 2.22. The molecule has 0 radical (unpaired) electrons. The molecule has 160 valence electrons. The first-order chi connectivity index (χ1) is 14.6. The number of carboxylic acids is 1. The first kappa shape index (κ1) is 21.8. The Morgan fingerprint density at radius 3 is 2.16 bits per heavy atom. The summed E-state index contributed by atoms with van der Waals surface area (Å²) in [5.41, 5.74) is 5.19. The molecule has 1 aromatic heterocycles. The molecule has 0 aliphatic carbocycles. The van der Waals surface area contributed by atoms with E-state index in [9.17, 15) is 14.4 Å². The summed E-state index contributed by atoms with van der Waals surface area (Å²) in [5, 5.41) is 15.8. The van der Waals surface area contributed by atoms with Crippen LogP contribution in [0.2, 0.25) is 0 Å². The Morgan fingerprint density at radius 2 is 1.61 bits per heavy atom. The van der Waals surface area contributed by atoms with Gasteiger partial charge >= 0.3 is 5.97 Å². The van der Waals surface area contributed by atoms with Gasteiger partial charge in [0.2, 0.25) is 0 Å². The van der Waals surface area contributed by atoms with Crippen LogP contribution >= 0.6 is 0 Å². The molecule has 2 aromatic carbocycles. The number of aromatic amines is 1. The van der Waals surface area contributed by atoms with E-state index >= 15 is 0 Å². The van der Waals surface area contributed by atoms with Crippen molar-refractivity contribution in [2.45, 2.75) is 33.1 Å². The molecule has 31 heavy (non-hydrogen) atoms. The van der Waals surface area contributed by atoms with Crippen molar-refractivity contribution < 1.29 is 14.7 Å². The first-order valence-corrected chi connectivity index (χ1v) is 9.67. The quantitative estimate of drug-likeness (QED) is 0.434. The number of hydrogen-bond acceptors (Lipinski definition) is 4. The van der Waals surface area contributed by atoms with Crippen LogP contribution < -0.4 is 11.0 Å². The number of nitrogens with zero attached hydrogens (tertiary/aromatic N) is 2. The number of carbonyl (C=O) groups is 2. The van der Waals surface area contributed by atoms with E-state index in [1.54, 1.807) is 6.92 Å². The number of hydrogen-bond donors (Lipinski definition) is 3. The summed E-state index contributed by atoms with van der Waals surface area (Å²) in [4.78, 5) is 35.8. The molecule has 0 unspecified atom stereocenters. The summed E-state index contributed by atoms with van der Waals surface area (Å²) in [6.45, 7) is 8.11. The van der Waals surface area contributed by atoms with Gasteiger partial charge in [0.15, 0.2) is 0 Å². The monoisotopic (exact) mass is 420 g/mol. The molecule has 1 amide bonds. The molecule has 3 aromatic rings. The van der Waals surface area contributed by atoms with Crippen molar-refractivity contribution in [3.8, 4) is 5.69 Å². The smallest absolute Gasteiger partial charge is 0.335 e. The van der Waals surface area contributed by atoms with E-state index in [-0.39, 0.29) is 22.1 Å². The minimum atomic E-state index is -1.07. The van der Waals surface area contributed by atoms with Gasteiger partial charge in [0.25, 0.3) is 11.5 Å². The van der Waals surface area contributed by atoms with Crippen LogP contribution in [0.15, 0.2) is 58.4 Å². The Hall–Kier alpha value is -3.94. The molecule has 3 rings (SSSR count). The van der Waals surface area contributed by atoms with E-state index in [4.69, 9.17) is 5.11 Å². The predicted molar refractivity (Wildman–Crippen MR) is 118 cm³/mol. The summed E-state index contributed by atoms with van der Waals surface area (Å²) < 4.78 is 1.43. The summed E-state index contributed by atoms with van der Waals surface area (Å²) in [7, 11) is 0. The van der Waals surface area contributed by atoms with Crippen molar-refractivity contribution in [1.29, 1.82) is 0 Å². The number of nitrogens with one attached hydrogen (secondary N) is 2. The van der Waals surface area contributed by atoms with Crippen LogP contribution in [0.5, 0.6) is 0 Å². The van der Waals surface area contributed by atoms with E-state index in [1.807, 2.05) is 24.3 Å². The number of carbonyl (C=O) groups excluding carboxylic acids is 1. The molecule has 3 N–H and O–H groups in total. The maximum absolute atomic E-state index is 12.8. The molecule has 0 fully saturated rings. The van der Waals surface area contributed by atoms with Gasteiger partial charge in [-0.1, -0.05) is 32.9 Å². The van der Waals surface area contributed by atoms with E-state index < -0.39 is 11.9 Å². The highest BCUT2D eigenvalue weighted by molar-refractivity contribution is 5.96. The minimum Gasteiger partial charge on any atom is -0.478 e. The number of rotatable bonds is 5. The molecular formula is C23H24N4O4. The predicted octanol–water partition coefficient (Wildman–Crippen LogP) is 3.23. The third-order valence-electron chi connectivity index (χ3n) is 4.86. The average Bonchev–Trinajstić information content (AvgIpc) is 3.01. The fourth-order valence-corrected chi connectivity index (χ4v) is 2.99. The Labute approximate surface area is 179 Å². The number of hydrazone groups is 1. The molecule has 0 aliphatic heterocycles. The van der Waals surface area contributed by atoms with Crippen LogP contribution in [0.4, 0.5) is 0 Å². The molecule has 8 nitrogen and oxygen atoms in total. The SMILES string of the molecule is Cc1[nH]n(-c2ccc(C(C)(C)C)cc2)c(=O)c1C=NNC(=O)c1ccc(C(=O)O)cc1. The summed E-state index contributed by atoms with van der Waals surface area (Å²) in [5.74, 6) is -1.59. The fraction of sp³-hybridized carbons (Fsp3) is 0.217. The van der Waals surface area contributed by atoms with Crippen LogP contribution in [-0.2, 0) is 5.41 Å². The van der Waals surface area contributed by atoms with Gasteiger partial charge < -0.3 is 5.11 Å². The summed E-state index contributed by atoms with van der Waals surface area (Å²) in [6, 6.07) is 13.2. The first-order valence-electron chi connectivity index (χ1n) is 9.67. The van der Waals surface area contributed by atoms with Gasteiger partial charge in [0.05, 0.1) is 23.0 Å². The van der Waals surface area contributed by atoms with Gasteiger partial charge in [-0.3, -0.25) is 14.7 Å². The van der Waals surface area contributed by atoms with Crippen molar-refractivity contribution >= 4 is 18.1 Å². The number of benzene rings is 2. The van der Waals surface area contributed by atoms with Crippen LogP contribution in [0.25, 0.3) is 5.69 Å². The van der Waals surface area contributed by atoms with Crippen LogP contribution in [-0.4, -0.2) is 33.0 Å². The molecule has 0 saturated carbocycles. The highest BCUT2D eigenvalue weighted by atomic mass is 16.4. The Bertz CT molecular complexity index is 1190. The molecule has 0 saturated heterocycles. The van der Waals surface area contributed by atoms with Crippen molar-refractivity contribution in [2.75, 3.05) is 0 Å². The van der Waals surface area contributed by atoms with Crippen molar-refractivity contribution in [1.82, 2.24) is 15.2 Å². The van der Waals surface area contributed by atoms with E-state index in [0.29, 0.717) is 16.9 Å². The zero-order valence-corrected chi connectivity index (χ0v) is 17.8. The molecule has 0 atom stereocenters. The number of aromatic carboxylic acids is 1. The lowest BCUT2D eigenvalue weighted by Crippen LogP contribution is -2.20. The van der Waals surface area contributed by atoms with Gasteiger partial charge in [0.1, 0.15) is 0 Å². The second-order valence-corrected chi connectivity index (χ2v) is 8.17. The summed E-state index contributed by atoms with van der Waals surface area (Å²) >= 11 is 0. The van der Waals surface area contributed by atoms with E-state index in [1.165, 1.54) is 35.2 Å². The van der Waals surface area contributed by atoms with Crippen molar-refractivity contribution in [3.05, 3.63) is 86.8 Å². The number of aromatic nitrogens is 2. The lowest BCUT2D eigenvalue weighted by atomic mass is 9.87. The summed E-state index contributed by atoms with van der Waals surface area (Å²) in [6.07, 6.45) is 1.29. The fourth-order valence-electron chi connectivity index (χ4n) is 2.99. The number of carboxylic acid groups (broad SMARTS) is 1. The van der Waals surface area contributed by atoms with Crippen LogP contribution in [0.1, 0.15) is 58.3 Å². The second kappa shape index (κ2) is 8.43. The van der Waals surface area contributed by atoms with Gasteiger partial charge in [-0.2, -0.15) is 5.10 Å². The highest BCUT2D eigenvalue weighted by Gasteiger charge is 2.15. The van der Waals surface area contributed by atoms with Crippen molar-refractivity contribution in [3.63, 3.8) is 0 Å². The third-order valence-corrected chi connectivity index (χ3v) is 4.86. The second-order valence-electron chi connectivity index (χ2n) is 8.17. The topological polar surface area (TPSA) is 117 Å². The molecule has 8 heteroatoms. The Balaban J connectivity index is 1.76. The third kappa shape index (κ3) is 4.80. The van der Waals surface area contributed by atoms with Crippen molar-refractivity contribution in [2.24, 2.45) is 5.10 Å². The molecule has 0 aliphatic rings. The maximum atomic E-state index is 12.8. The zero-order chi connectivity index (χ0) is 22.8. The minimum absolute atomic E-state index is 0.0130. The molecule has 0 bridgehead atoms. The van der Waals surface area contributed by atoms with E-state index in [2.05, 4.69) is 36.4 Å². The van der Waals surface area contributed by atoms with E-state index in [0.717, 1.165) is 5.56 Å².